The molecule has 0 fully saturated rings. The zero-order valence-electron chi connectivity index (χ0n) is 12.3. The maximum Gasteiger partial charge on any atom is 0.172 e. The zero-order valence-corrected chi connectivity index (χ0v) is 12.3. The number of nitrogens with zero attached hydrogens (tertiary/aromatic N) is 1. The van der Waals surface area contributed by atoms with Crippen LogP contribution in [0.2, 0.25) is 0 Å². The van der Waals surface area contributed by atoms with Crippen LogP contribution in [-0.2, 0) is 4.74 Å². The summed E-state index contributed by atoms with van der Waals surface area (Å²) in [5.41, 5.74) is 6.24. The average molecular weight is 263 g/mol. The summed E-state index contributed by atoms with van der Waals surface area (Å²) >= 11 is 0. The van der Waals surface area contributed by atoms with Gasteiger partial charge in [0.15, 0.2) is 5.72 Å². The SMILES string of the molecule is C/N=C(\Nc1ccccc1)[C@](C)(N)OCCC(C)C. The average Bonchev–Trinajstić information content (AvgIpc) is 2.36. The van der Waals surface area contributed by atoms with Crippen molar-refractivity contribution >= 4 is 11.5 Å². The van der Waals surface area contributed by atoms with Gasteiger partial charge in [-0.25, -0.2) is 0 Å². The number of nitrogens with one attached hydrogen (secondary N) is 1. The van der Waals surface area contributed by atoms with Crippen molar-refractivity contribution in [3.63, 3.8) is 0 Å². The molecule has 0 unspecified atom stereocenters. The number of aliphatic imine (C=N–C) groups is 1. The maximum atomic E-state index is 6.19. The number of ether oxygens (including phenoxy) is 1. The Balaban J connectivity index is 2.63. The number of rotatable bonds is 6. The van der Waals surface area contributed by atoms with Crippen molar-refractivity contribution < 1.29 is 4.74 Å². The first kappa shape index (κ1) is 15.7. The van der Waals surface area contributed by atoms with Crippen molar-refractivity contribution in [2.75, 3.05) is 19.0 Å². The summed E-state index contributed by atoms with van der Waals surface area (Å²) in [6.07, 6.45) is 0.981. The van der Waals surface area contributed by atoms with Gasteiger partial charge in [0, 0.05) is 19.3 Å². The molecule has 3 N–H and O–H groups in total. The molecule has 0 aromatic heterocycles. The fraction of sp³-hybridized carbons (Fsp3) is 0.533. The molecule has 0 heterocycles. The Kier molecular flexibility index (Phi) is 5.99. The van der Waals surface area contributed by atoms with Gasteiger partial charge in [-0.3, -0.25) is 10.7 Å². The highest BCUT2D eigenvalue weighted by Gasteiger charge is 2.26. The Hall–Kier alpha value is -1.39. The lowest BCUT2D eigenvalue weighted by molar-refractivity contribution is 0.0197. The summed E-state index contributed by atoms with van der Waals surface area (Å²) in [6.45, 7) is 6.77. The number of benzene rings is 1. The molecule has 0 aliphatic rings. The molecule has 4 heteroatoms. The monoisotopic (exact) mass is 263 g/mol. The molecule has 0 saturated carbocycles. The first-order valence-electron chi connectivity index (χ1n) is 6.68. The molecule has 19 heavy (non-hydrogen) atoms. The number of hydrogen-bond donors (Lipinski definition) is 2. The largest absolute Gasteiger partial charge is 0.354 e. The van der Waals surface area contributed by atoms with E-state index < -0.39 is 5.72 Å². The lowest BCUT2D eigenvalue weighted by Crippen LogP contribution is -2.51. The molecule has 1 aromatic rings. The van der Waals surface area contributed by atoms with Crippen LogP contribution in [0.5, 0.6) is 0 Å². The van der Waals surface area contributed by atoms with E-state index in [4.69, 9.17) is 10.5 Å². The molecule has 0 spiro atoms. The van der Waals surface area contributed by atoms with E-state index in [1.54, 1.807) is 7.05 Å². The standard InChI is InChI=1S/C15H25N3O/c1-12(2)10-11-19-15(3,16)14(17-4)18-13-8-6-5-7-9-13/h5-9,12H,10-11,16H2,1-4H3,(H,17,18)/t15-/m1/s1. The molecule has 1 aromatic carbocycles. The third kappa shape index (κ3) is 5.41. The molecule has 0 saturated heterocycles. The molecule has 106 valence electrons. The summed E-state index contributed by atoms with van der Waals surface area (Å²) in [6, 6.07) is 9.83. The summed E-state index contributed by atoms with van der Waals surface area (Å²) in [5, 5.41) is 3.21. The van der Waals surface area contributed by atoms with Gasteiger partial charge in [0.25, 0.3) is 0 Å². The third-order valence-corrected chi connectivity index (χ3v) is 2.83. The van der Waals surface area contributed by atoms with E-state index in [1.807, 2.05) is 37.3 Å². The Bertz CT molecular complexity index is 399. The van der Waals surface area contributed by atoms with Gasteiger partial charge >= 0.3 is 0 Å². The van der Waals surface area contributed by atoms with Gasteiger partial charge in [-0.2, -0.15) is 0 Å². The van der Waals surface area contributed by atoms with Crippen LogP contribution in [0, 0.1) is 5.92 Å². The molecule has 1 rings (SSSR count). The van der Waals surface area contributed by atoms with E-state index in [1.165, 1.54) is 0 Å². The molecule has 1 atom stereocenters. The van der Waals surface area contributed by atoms with Crippen molar-refractivity contribution in [2.24, 2.45) is 16.6 Å². The zero-order chi connectivity index (χ0) is 14.3. The van der Waals surface area contributed by atoms with Crippen LogP contribution in [-0.4, -0.2) is 25.2 Å². The van der Waals surface area contributed by atoms with Crippen LogP contribution in [0.15, 0.2) is 35.3 Å². The third-order valence-electron chi connectivity index (χ3n) is 2.83. The van der Waals surface area contributed by atoms with Gasteiger partial charge < -0.3 is 10.1 Å². The summed E-state index contributed by atoms with van der Waals surface area (Å²) in [4.78, 5) is 4.21. The maximum absolute atomic E-state index is 6.19. The summed E-state index contributed by atoms with van der Waals surface area (Å²) in [7, 11) is 1.71. The first-order chi connectivity index (χ1) is 8.95. The van der Waals surface area contributed by atoms with Gasteiger partial charge in [-0.1, -0.05) is 32.0 Å². The van der Waals surface area contributed by atoms with Crippen molar-refractivity contribution in [2.45, 2.75) is 32.9 Å². The molecule has 0 aliphatic heterocycles. The van der Waals surface area contributed by atoms with Crippen LogP contribution >= 0.6 is 0 Å². The van der Waals surface area contributed by atoms with E-state index in [0.717, 1.165) is 12.1 Å². The molecular weight excluding hydrogens is 238 g/mol. The fourth-order valence-corrected chi connectivity index (χ4v) is 1.64. The summed E-state index contributed by atoms with van der Waals surface area (Å²) in [5.74, 6) is 1.22. The molecule has 0 amide bonds. The topological polar surface area (TPSA) is 59.6 Å². The number of hydrogen-bond acceptors (Lipinski definition) is 3. The van der Waals surface area contributed by atoms with Crippen LogP contribution in [0.3, 0.4) is 0 Å². The van der Waals surface area contributed by atoms with Crippen LogP contribution in [0.1, 0.15) is 27.2 Å². The van der Waals surface area contributed by atoms with Gasteiger partial charge in [0.05, 0.1) is 0 Å². The number of para-hydroxylation sites is 1. The molecule has 4 nitrogen and oxygen atoms in total. The highest BCUT2D eigenvalue weighted by atomic mass is 16.5. The predicted octanol–water partition coefficient (Wildman–Crippen LogP) is 2.86. The van der Waals surface area contributed by atoms with Gasteiger partial charge in [-0.05, 0) is 31.4 Å². The van der Waals surface area contributed by atoms with Crippen molar-refractivity contribution in [3.8, 4) is 0 Å². The number of anilines is 1. The predicted molar refractivity (Wildman–Crippen MR) is 81.4 cm³/mol. The highest BCUT2D eigenvalue weighted by molar-refractivity contribution is 6.00. The van der Waals surface area contributed by atoms with E-state index in [9.17, 15) is 0 Å². The van der Waals surface area contributed by atoms with Gasteiger partial charge in [0.1, 0.15) is 5.84 Å². The highest BCUT2D eigenvalue weighted by Crippen LogP contribution is 2.12. The van der Waals surface area contributed by atoms with Crippen LogP contribution < -0.4 is 11.1 Å². The van der Waals surface area contributed by atoms with E-state index in [0.29, 0.717) is 18.4 Å². The van der Waals surface area contributed by atoms with Crippen LogP contribution in [0.25, 0.3) is 0 Å². The van der Waals surface area contributed by atoms with Crippen molar-refractivity contribution in [1.29, 1.82) is 0 Å². The number of amidine groups is 1. The number of nitrogens with two attached hydrogens (primary N) is 1. The van der Waals surface area contributed by atoms with Gasteiger partial charge in [0.2, 0.25) is 0 Å². The Labute approximate surface area is 116 Å². The summed E-state index contributed by atoms with van der Waals surface area (Å²) < 4.78 is 5.75. The Morgan fingerprint density at radius 1 is 1.37 bits per heavy atom. The fourth-order valence-electron chi connectivity index (χ4n) is 1.64. The molecule has 0 radical (unpaired) electrons. The second-order valence-electron chi connectivity index (χ2n) is 5.20. The quantitative estimate of drug-likeness (QED) is 0.471. The minimum Gasteiger partial charge on any atom is -0.354 e. The normalized spacial score (nSPS) is 15.4. The van der Waals surface area contributed by atoms with Gasteiger partial charge in [-0.15, -0.1) is 0 Å². The van der Waals surface area contributed by atoms with E-state index in [-0.39, 0.29) is 0 Å². The minimum absolute atomic E-state index is 0.597. The molecular formula is C15H25N3O. The van der Waals surface area contributed by atoms with E-state index >= 15 is 0 Å². The molecule has 0 aliphatic carbocycles. The Morgan fingerprint density at radius 3 is 2.53 bits per heavy atom. The molecule has 0 bridgehead atoms. The minimum atomic E-state index is -0.903. The second kappa shape index (κ2) is 7.26. The van der Waals surface area contributed by atoms with Crippen molar-refractivity contribution in [3.05, 3.63) is 30.3 Å². The lowest BCUT2D eigenvalue weighted by Gasteiger charge is -2.28. The smallest absolute Gasteiger partial charge is 0.172 e. The Morgan fingerprint density at radius 2 is 2.00 bits per heavy atom. The van der Waals surface area contributed by atoms with E-state index in [2.05, 4.69) is 24.2 Å². The van der Waals surface area contributed by atoms with Crippen molar-refractivity contribution in [1.82, 2.24) is 0 Å². The second-order valence-corrected chi connectivity index (χ2v) is 5.20. The first-order valence-corrected chi connectivity index (χ1v) is 6.68. The van der Waals surface area contributed by atoms with Crippen LogP contribution in [0.4, 0.5) is 5.69 Å². The lowest BCUT2D eigenvalue weighted by atomic mass is 10.1.